The third kappa shape index (κ3) is 3.48. The highest BCUT2D eigenvalue weighted by molar-refractivity contribution is 7.26. The Morgan fingerprint density at radius 1 is 0.327 bits per heavy atom. The summed E-state index contributed by atoms with van der Waals surface area (Å²) in [5.41, 5.74) is 11.6. The summed E-state index contributed by atoms with van der Waals surface area (Å²) in [5.74, 6) is 0. The molecule has 0 unspecified atom stereocenters. The van der Waals surface area contributed by atoms with Crippen molar-refractivity contribution < 1.29 is 0 Å². The average molecular weight is 656 g/mol. The molecule has 0 saturated heterocycles. The molecule has 3 heteroatoms. The van der Waals surface area contributed by atoms with Crippen LogP contribution >= 0.6 is 22.7 Å². The van der Waals surface area contributed by atoms with E-state index in [9.17, 15) is 0 Å². The van der Waals surface area contributed by atoms with Crippen molar-refractivity contribution in [1.29, 1.82) is 0 Å². The van der Waals surface area contributed by atoms with E-state index in [-0.39, 0.29) is 0 Å². The zero-order chi connectivity index (χ0) is 31.8. The molecule has 0 atom stereocenters. The van der Waals surface area contributed by atoms with Gasteiger partial charge in [0, 0.05) is 56.8 Å². The lowest BCUT2D eigenvalue weighted by molar-refractivity contribution is 1.19. The molecule has 3 aromatic heterocycles. The molecule has 0 aliphatic heterocycles. The van der Waals surface area contributed by atoms with Gasteiger partial charge in [0.2, 0.25) is 0 Å². The van der Waals surface area contributed by atoms with E-state index in [0.717, 1.165) is 0 Å². The van der Waals surface area contributed by atoms with Crippen LogP contribution in [0.3, 0.4) is 0 Å². The molecule has 0 spiro atoms. The smallest absolute Gasteiger partial charge is 0.0541 e. The minimum Gasteiger partial charge on any atom is -0.309 e. The third-order valence-corrected chi connectivity index (χ3v) is 13.0. The molecule has 3 heterocycles. The minimum atomic E-state index is 1.20. The van der Waals surface area contributed by atoms with Gasteiger partial charge in [0.15, 0.2) is 0 Å². The lowest BCUT2D eigenvalue weighted by Crippen LogP contribution is -1.93. The Morgan fingerprint density at radius 3 is 1.88 bits per heavy atom. The number of hydrogen-bond donors (Lipinski definition) is 0. The summed E-state index contributed by atoms with van der Waals surface area (Å²) in [5, 5.41) is 10.7. The van der Waals surface area contributed by atoms with Gasteiger partial charge in [0.1, 0.15) is 0 Å². The third-order valence-electron chi connectivity index (χ3n) is 10.7. The van der Waals surface area contributed by atoms with Crippen LogP contribution in [-0.2, 0) is 0 Å². The molecule has 0 radical (unpaired) electrons. The molecule has 12 rings (SSSR count). The van der Waals surface area contributed by atoms with Crippen molar-refractivity contribution >= 4 is 95.6 Å². The van der Waals surface area contributed by atoms with Crippen molar-refractivity contribution in [2.75, 3.05) is 0 Å². The highest BCUT2D eigenvalue weighted by atomic mass is 32.1. The molecule has 0 bridgehead atoms. The van der Waals surface area contributed by atoms with Crippen LogP contribution in [0.25, 0.3) is 112 Å². The van der Waals surface area contributed by atoms with Gasteiger partial charge in [-0.3, -0.25) is 0 Å². The first-order chi connectivity index (χ1) is 24.3. The maximum absolute atomic E-state index is 2.44. The van der Waals surface area contributed by atoms with Gasteiger partial charge in [-0.05, 0) is 105 Å². The lowest BCUT2D eigenvalue weighted by atomic mass is 9.96. The number of para-hydroxylation sites is 1. The van der Waals surface area contributed by atoms with Gasteiger partial charge < -0.3 is 4.57 Å². The van der Waals surface area contributed by atoms with Crippen LogP contribution in [0.1, 0.15) is 0 Å². The fraction of sp³-hybridized carbons (Fsp3) is 0. The van der Waals surface area contributed by atoms with Crippen molar-refractivity contribution in [3.8, 4) is 39.1 Å². The predicted molar refractivity (Wildman–Crippen MR) is 214 cm³/mol. The molecule has 1 aliphatic carbocycles. The van der Waals surface area contributed by atoms with E-state index in [4.69, 9.17) is 0 Å². The molecule has 226 valence electrons. The number of benzene rings is 8. The fourth-order valence-electron chi connectivity index (χ4n) is 8.60. The molecule has 0 N–H and O–H groups in total. The van der Waals surface area contributed by atoms with Crippen molar-refractivity contribution in [3.63, 3.8) is 0 Å². The summed E-state index contributed by atoms with van der Waals surface area (Å²) in [4.78, 5) is 0. The first kappa shape index (κ1) is 26.2. The maximum atomic E-state index is 2.44. The molecule has 1 aliphatic rings. The van der Waals surface area contributed by atoms with Crippen molar-refractivity contribution in [2.45, 2.75) is 0 Å². The molecule has 49 heavy (non-hydrogen) atoms. The Kier molecular flexibility index (Phi) is 5.06. The van der Waals surface area contributed by atoms with Gasteiger partial charge in [-0.25, -0.2) is 0 Å². The summed E-state index contributed by atoms with van der Waals surface area (Å²) in [6, 6.07) is 56.8. The number of hydrogen-bond acceptors (Lipinski definition) is 2. The van der Waals surface area contributed by atoms with E-state index in [1.54, 1.807) is 0 Å². The fourth-order valence-corrected chi connectivity index (χ4v) is 10.8. The highest BCUT2D eigenvalue weighted by Crippen LogP contribution is 2.52. The number of fused-ring (bicyclic) bond motifs is 13. The maximum Gasteiger partial charge on any atom is 0.0541 e. The van der Waals surface area contributed by atoms with E-state index < -0.39 is 0 Å². The van der Waals surface area contributed by atoms with Crippen LogP contribution in [0.4, 0.5) is 0 Å². The molecular weight excluding hydrogens is 631 g/mol. The van der Waals surface area contributed by atoms with E-state index in [0.29, 0.717) is 0 Å². The standard InChI is InChI=1S/C46H25NS2/c1-2-9-30-29(8-1)33-12-7-13-34-45(33)37(30)25-44-46(34)38-23-27(17-20-43(38)49-44)26-16-19-40-35(22-26)31-10-3-5-14-39(31)47(40)28-18-21-42-36(24-28)32-11-4-6-15-41(32)48-42/h1-25H. The Morgan fingerprint density at radius 2 is 0.959 bits per heavy atom. The van der Waals surface area contributed by atoms with E-state index in [2.05, 4.69) is 156 Å². The Labute approximate surface area is 289 Å². The Balaban J connectivity index is 1.06. The molecular formula is C46H25NS2. The zero-order valence-corrected chi connectivity index (χ0v) is 27.8. The molecule has 1 nitrogen and oxygen atoms in total. The van der Waals surface area contributed by atoms with Crippen LogP contribution in [0.5, 0.6) is 0 Å². The van der Waals surface area contributed by atoms with Gasteiger partial charge in [0.05, 0.1) is 11.0 Å². The van der Waals surface area contributed by atoms with Crippen molar-refractivity contribution in [3.05, 3.63) is 152 Å². The van der Waals surface area contributed by atoms with Crippen LogP contribution in [0.2, 0.25) is 0 Å². The average Bonchev–Trinajstić information content (AvgIpc) is 3.90. The van der Waals surface area contributed by atoms with Gasteiger partial charge >= 0.3 is 0 Å². The highest BCUT2D eigenvalue weighted by Gasteiger charge is 2.24. The van der Waals surface area contributed by atoms with E-state index >= 15 is 0 Å². The second-order valence-electron chi connectivity index (χ2n) is 13.2. The largest absolute Gasteiger partial charge is 0.309 e. The first-order valence-corrected chi connectivity index (χ1v) is 18.4. The molecule has 0 saturated carbocycles. The summed E-state index contributed by atoms with van der Waals surface area (Å²) < 4.78 is 7.80. The van der Waals surface area contributed by atoms with Gasteiger partial charge in [0.25, 0.3) is 0 Å². The van der Waals surface area contributed by atoms with Gasteiger partial charge in [-0.1, -0.05) is 91.0 Å². The van der Waals surface area contributed by atoms with Crippen LogP contribution in [0, 0.1) is 0 Å². The Bertz CT molecular complexity index is 3220. The minimum absolute atomic E-state index is 1.20. The molecule has 8 aromatic carbocycles. The summed E-state index contributed by atoms with van der Waals surface area (Å²) in [6.07, 6.45) is 0. The zero-order valence-electron chi connectivity index (χ0n) is 26.2. The van der Waals surface area contributed by atoms with E-state index in [1.165, 1.54) is 112 Å². The normalized spacial score (nSPS) is 12.5. The first-order valence-electron chi connectivity index (χ1n) is 16.8. The molecule has 11 aromatic rings. The predicted octanol–water partition coefficient (Wildman–Crippen LogP) is 14.0. The topological polar surface area (TPSA) is 4.93 Å². The van der Waals surface area contributed by atoms with Crippen molar-refractivity contribution in [2.24, 2.45) is 0 Å². The van der Waals surface area contributed by atoms with Gasteiger partial charge in [-0.15, -0.1) is 22.7 Å². The lowest BCUT2D eigenvalue weighted by Gasteiger charge is -2.09. The number of rotatable bonds is 2. The van der Waals surface area contributed by atoms with Crippen LogP contribution in [0.15, 0.2) is 152 Å². The summed E-state index contributed by atoms with van der Waals surface area (Å²) >= 11 is 3.78. The number of nitrogens with zero attached hydrogens (tertiary/aromatic N) is 1. The van der Waals surface area contributed by atoms with Crippen LogP contribution in [-0.4, -0.2) is 4.57 Å². The summed E-state index contributed by atoms with van der Waals surface area (Å²) in [7, 11) is 0. The monoisotopic (exact) mass is 655 g/mol. The van der Waals surface area contributed by atoms with E-state index in [1.807, 2.05) is 22.7 Å². The van der Waals surface area contributed by atoms with Crippen LogP contribution < -0.4 is 0 Å². The molecule has 0 amide bonds. The Hall–Kier alpha value is -5.74. The number of aromatic nitrogens is 1. The second-order valence-corrected chi connectivity index (χ2v) is 15.4. The SMILES string of the molecule is c1ccc2c(c1)-c1cccc3c1c-2cc1sc2ccc(-c4ccc5c(c4)c4ccccc4n5-c4ccc5sc6ccccc6c5c4)cc2c13. The molecule has 0 fully saturated rings. The second kappa shape index (κ2) is 9.45. The summed E-state index contributed by atoms with van der Waals surface area (Å²) in [6.45, 7) is 0. The van der Waals surface area contributed by atoms with Crippen molar-refractivity contribution in [1.82, 2.24) is 4.57 Å². The number of thiophene rings is 2. The quantitative estimate of drug-likeness (QED) is 0.175. The van der Waals surface area contributed by atoms with Gasteiger partial charge in [-0.2, -0.15) is 0 Å².